The first kappa shape index (κ1) is 15.9. The van der Waals surface area contributed by atoms with Gasteiger partial charge in [-0.1, -0.05) is 13.8 Å². The standard InChI is InChI=1S/C14H18F2N4S/c1-9(2)6-17-7-10-4-11(15)13(12(16)5-10)21-14-18-8-19-20(14)3/h4-5,8-9,17H,6-7H2,1-3H3. The van der Waals surface area contributed by atoms with E-state index in [2.05, 4.69) is 29.2 Å². The lowest BCUT2D eigenvalue weighted by atomic mass is 10.2. The Hall–Kier alpha value is -1.47. The summed E-state index contributed by atoms with van der Waals surface area (Å²) in [6, 6.07) is 2.71. The van der Waals surface area contributed by atoms with Crippen molar-refractivity contribution in [3.05, 3.63) is 35.7 Å². The molecule has 0 saturated heterocycles. The SMILES string of the molecule is CC(C)CNCc1cc(F)c(Sc2ncnn2C)c(F)c1. The average Bonchev–Trinajstić information content (AvgIpc) is 2.79. The normalized spacial score (nSPS) is 11.3. The van der Waals surface area contributed by atoms with Gasteiger partial charge in [-0.3, -0.25) is 0 Å². The number of halogens is 2. The van der Waals surface area contributed by atoms with E-state index in [0.29, 0.717) is 23.2 Å². The van der Waals surface area contributed by atoms with Crippen LogP contribution in [0.25, 0.3) is 0 Å². The molecule has 0 aliphatic rings. The molecule has 4 nitrogen and oxygen atoms in total. The molecule has 0 bridgehead atoms. The molecule has 2 rings (SSSR count). The van der Waals surface area contributed by atoms with Crippen LogP contribution >= 0.6 is 11.8 Å². The van der Waals surface area contributed by atoms with E-state index in [1.165, 1.54) is 23.1 Å². The van der Waals surface area contributed by atoms with Gasteiger partial charge in [-0.15, -0.1) is 0 Å². The first-order chi connectivity index (χ1) is 9.97. The zero-order chi connectivity index (χ0) is 15.4. The van der Waals surface area contributed by atoms with Crippen molar-refractivity contribution < 1.29 is 8.78 Å². The van der Waals surface area contributed by atoms with Crippen molar-refractivity contribution in [2.75, 3.05) is 6.54 Å². The van der Waals surface area contributed by atoms with Crippen LogP contribution in [-0.4, -0.2) is 21.3 Å². The van der Waals surface area contributed by atoms with Crippen LogP contribution in [0.15, 0.2) is 28.5 Å². The maximum Gasteiger partial charge on any atom is 0.190 e. The molecule has 1 aromatic heterocycles. The molecule has 114 valence electrons. The summed E-state index contributed by atoms with van der Waals surface area (Å²) in [5.41, 5.74) is 0.591. The highest BCUT2D eigenvalue weighted by atomic mass is 32.2. The fourth-order valence-electron chi connectivity index (χ4n) is 1.79. The Kier molecular flexibility index (Phi) is 5.30. The summed E-state index contributed by atoms with van der Waals surface area (Å²) in [7, 11) is 1.68. The average molecular weight is 312 g/mol. The lowest BCUT2D eigenvalue weighted by molar-refractivity contribution is 0.524. The number of aromatic nitrogens is 3. The number of benzene rings is 1. The topological polar surface area (TPSA) is 42.7 Å². The molecule has 7 heteroatoms. The van der Waals surface area contributed by atoms with Gasteiger partial charge in [0.15, 0.2) is 5.16 Å². The first-order valence-corrected chi connectivity index (χ1v) is 7.49. The number of nitrogens with one attached hydrogen (secondary N) is 1. The number of nitrogens with zero attached hydrogens (tertiary/aromatic N) is 3. The first-order valence-electron chi connectivity index (χ1n) is 6.68. The Balaban J connectivity index is 2.12. The minimum atomic E-state index is -0.579. The molecule has 0 unspecified atom stereocenters. The van der Waals surface area contributed by atoms with E-state index < -0.39 is 11.6 Å². The van der Waals surface area contributed by atoms with Gasteiger partial charge in [-0.2, -0.15) is 5.10 Å². The van der Waals surface area contributed by atoms with Crippen molar-refractivity contribution in [1.82, 2.24) is 20.1 Å². The van der Waals surface area contributed by atoms with Crippen molar-refractivity contribution in [2.45, 2.75) is 30.4 Å². The molecule has 0 spiro atoms. The summed E-state index contributed by atoms with van der Waals surface area (Å²) >= 11 is 0.931. The number of hydrogen-bond acceptors (Lipinski definition) is 4. The monoisotopic (exact) mass is 312 g/mol. The van der Waals surface area contributed by atoms with Crippen molar-refractivity contribution in [1.29, 1.82) is 0 Å². The second kappa shape index (κ2) is 7.00. The molecule has 21 heavy (non-hydrogen) atoms. The summed E-state index contributed by atoms with van der Waals surface area (Å²) in [5.74, 6) is -0.667. The maximum absolute atomic E-state index is 14.1. The molecule has 1 N–H and O–H groups in total. The minimum Gasteiger partial charge on any atom is -0.312 e. The fourth-order valence-corrected chi connectivity index (χ4v) is 2.56. The Morgan fingerprint density at radius 2 is 1.95 bits per heavy atom. The zero-order valence-corrected chi connectivity index (χ0v) is 13.0. The van der Waals surface area contributed by atoms with Gasteiger partial charge in [0, 0.05) is 13.6 Å². The smallest absolute Gasteiger partial charge is 0.190 e. The highest BCUT2D eigenvalue weighted by molar-refractivity contribution is 7.99. The summed E-state index contributed by atoms with van der Waals surface area (Å²) < 4.78 is 29.6. The highest BCUT2D eigenvalue weighted by Gasteiger charge is 2.15. The van der Waals surface area contributed by atoms with Gasteiger partial charge in [0.05, 0.1) is 4.90 Å². The quantitative estimate of drug-likeness (QED) is 0.890. The van der Waals surface area contributed by atoms with Gasteiger partial charge >= 0.3 is 0 Å². The molecular formula is C14H18F2N4S. The van der Waals surface area contributed by atoms with E-state index in [0.717, 1.165) is 18.3 Å². The van der Waals surface area contributed by atoms with E-state index in [1.54, 1.807) is 7.05 Å². The van der Waals surface area contributed by atoms with Crippen LogP contribution < -0.4 is 5.32 Å². The zero-order valence-electron chi connectivity index (χ0n) is 12.2. The minimum absolute atomic E-state index is 0.0568. The summed E-state index contributed by atoms with van der Waals surface area (Å²) in [6.07, 6.45) is 1.35. The number of hydrogen-bond donors (Lipinski definition) is 1. The maximum atomic E-state index is 14.1. The van der Waals surface area contributed by atoms with Gasteiger partial charge in [0.2, 0.25) is 0 Å². The Labute approximate surface area is 127 Å². The molecule has 1 aromatic carbocycles. The van der Waals surface area contributed by atoms with Crippen molar-refractivity contribution in [3.63, 3.8) is 0 Å². The number of rotatable bonds is 6. The van der Waals surface area contributed by atoms with Crippen LogP contribution in [0.1, 0.15) is 19.4 Å². The van der Waals surface area contributed by atoms with Crippen LogP contribution in [0, 0.1) is 17.6 Å². The Bertz CT molecular complexity index is 590. The van der Waals surface area contributed by atoms with Crippen LogP contribution in [0.4, 0.5) is 8.78 Å². The fraction of sp³-hybridized carbons (Fsp3) is 0.429. The van der Waals surface area contributed by atoms with Crippen LogP contribution in [-0.2, 0) is 13.6 Å². The summed E-state index contributed by atoms with van der Waals surface area (Å²) in [6.45, 7) is 5.41. The largest absolute Gasteiger partial charge is 0.312 e. The predicted octanol–water partition coefficient (Wildman–Crippen LogP) is 2.99. The highest BCUT2D eigenvalue weighted by Crippen LogP contribution is 2.31. The summed E-state index contributed by atoms with van der Waals surface area (Å²) in [4.78, 5) is 3.90. The van der Waals surface area contributed by atoms with Crippen molar-refractivity contribution in [3.8, 4) is 0 Å². The molecule has 0 radical (unpaired) electrons. The van der Waals surface area contributed by atoms with E-state index in [9.17, 15) is 8.78 Å². The molecule has 0 atom stereocenters. The molecule has 0 amide bonds. The third kappa shape index (κ3) is 4.25. The number of aryl methyl sites for hydroxylation is 1. The lowest BCUT2D eigenvalue weighted by Gasteiger charge is -2.10. The van der Waals surface area contributed by atoms with E-state index in [-0.39, 0.29) is 4.90 Å². The molecule has 1 heterocycles. The van der Waals surface area contributed by atoms with Crippen LogP contribution in [0.2, 0.25) is 0 Å². The Morgan fingerprint density at radius 1 is 1.29 bits per heavy atom. The van der Waals surface area contributed by atoms with Gasteiger partial charge in [0.25, 0.3) is 0 Å². The van der Waals surface area contributed by atoms with Gasteiger partial charge in [0.1, 0.15) is 18.0 Å². The van der Waals surface area contributed by atoms with Gasteiger partial charge in [-0.25, -0.2) is 18.4 Å². The molecule has 0 fully saturated rings. The molecule has 2 aromatic rings. The molecular weight excluding hydrogens is 294 g/mol. The van der Waals surface area contributed by atoms with Crippen LogP contribution in [0.5, 0.6) is 0 Å². The summed E-state index contributed by atoms with van der Waals surface area (Å²) in [5, 5.41) is 7.48. The molecule has 0 aliphatic heterocycles. The van der Waals surface area contributed by atoms with E-state index in [1.807, 2.05) is 0 Å². The second-order valence-electron chi connectivity index (χ2n) is 5.18. The van der Waals surface area contributed by atoms with Crippen molar-refractivity contribution in [2.24, 2.45) is 13.0 Å². The van der Waals surface area contributed by atoms with Gasteiger partial charge in [-0.05, 0) is 41.9 Å². The third-order valence-corrected chi connectivity index (χ3v) is 3.95. The molecule has 0 aliphatic carbocycles. The van der Waals surface area contributed by atoms with Crippen molar-refractivity contribution >= 4 is 11.8 Å². The Morgan fingerprint density at radius 3 is 2.48 bits per heavy atom. The van der Waals surface area contributed by atoms with Crippen LogP contribution in [0.3, 0.4) is 0 Å². The lowest BCUT2D eigenvalue weighted by Crippen LogP contribution is -2.19. The predicted molar refractivity (Wildman–Crippen MR) is 78.0 cm³/mol. The third-order valence-electron chi connectivity index (χ3n) is 2.80. The van der Waals surface area contributed by atoms with Gasteiger partial charge < -0.3 is 5.32 Å². The second-order valence-corrected chi connectivity index (χ2v) is 6.16. The van der Waals surface area contributed by atoms with E-state index in [4.69, 9.17) is 0 Å². The van der Waals surface area contributed by atoms with E-state index >= 15 is 0 Å². The molecule has 0 saturated carbocycles.